The third-order valence-corrected chi connectivity index (χ3v) is 6.46. The second-order valence-corrected chi connectivity index (χ2v) is 7.87. The van der Waals surface area contributed by atoms with Gasteiger partial charge in [-0.15, -0.1) is 0 Å². The van der Waals surface area contributed by atoms with Gasteiger partial charge in [-0.3, -0.25) is 0 Å². The molecule has 0 radical (unpaired) electrons. The summed E-state index contributed by atoms with van der Waals surface area (Å²) in [7, 11) is -1.80. The third-order valence-electron chi connectivity index (χ3n) is 3.51. The van der Waals surface area contributed by atoms with Crippen molar-refractivity contribution in [3.63, 3.8) is 0 Å². The van der Waals surface area contributed by atoms with E-state index in [2.05, 4.69) is 15.9 Å². The SMILES string of the molecule is CCC(C)(C)N(C)S(=O)(=O)c1ccc(Br)c(C)c1. The van der Waals surface area contributed by atoms with Crippen LogP contribution in [0.3, 0.4) is 0 Å². The maximum atomic E-state index is 12.5. The standard InChI is InChI=1S/C13H20BrNO2S/c1-6-13(3,4)15(5)18(16,17)11-7-8-12(14)10(2)9-11/h7-9H,6H2,1-5H3. The zero-order valence-corrected chi connectivity index (χ0v) is 13.9. The number of benzene rings is 1. The van der Waals surface area contributed by atoms with Crippen LogP contribution in [0.4, 0.5) is 0 Å². The molecule has 0 aromatic heterocycles. The molecule has 0 amide bonds. The van der Waals surface area contributed by atoms with Crippen LogP contribution in [0.25, 0.3) is 0 Å². The lowest BCUT2D eigenvalue weighted by Crippen LogP contribution is -2.44. The van der Waals surface area contributed by atoms with Gasteiger partial charge in [-0.25, -0.2) is 8.42 Å². The van der Waals surface area contributed by atoms with E-state index < -0.39 is 10.0 Å². The molecule has 0 bridgehead atoms. The highest BCUT2D eigenvalue weighted by Gasteiger charge is 2.32. The summed E-state index contributed by atoms with van der Waals surface area (Å²) in [5.74, 6) is 0. The van der Waals surface area contributed by atoms with Gasteiger partial charge in [0.05, 0.1) is 4.90 Å². The van der Waals surface area contributed by atoms with Gasteiger partial charge < -0.3 is 0 Å². The van der Waals surface area contributed by atoms with Crippen LogP contribution in [0.15, 0.2) is 27.6 Å². The van der Waals surface area contributed by atoms with Gasteiger partial charge in [-0.05, 0) is 51.0 Å². The lowest BCUT2D eigenvalue weighted by Gasteiger charge is -2.33. The van der Waals surface area contributed by atoms with Crippen molar-refractivity contribution in [2.75, 3.05) is 7.05 Å². The first-order valence-electron chi connectivity index (χ1n) is 5.88. The van der Waals surface area contributed by atoms with Crippen LogP contribution in [0, 0.1) is 6.92 Å². The summed E-state index contributed by atoms with van der Waals surface area (Å²) in [5.41, 5.74) is 0.526. The molecule has 0 unspecified atom stereocenters. The van der Waals surface area contributed by atoms with Crippen LogP contribution >= 0.6 is 15.9 Å². The van der Waals surface area contributed by atoms with E-state index in [0.717, 1.165) is 16.5 Å². The minimum absolute atomic E-state index is 0.340. The maximum Gasteiger partial charge on any atom is 0.243 e. The molecule has 0 heterocycles. The molecule has 102 valence electrons. The third kappa shape index (κ3) is 2.95. The van der Waals surface area contributed by atoms with Crippen LogP contribution in [0.2, 0.25) is 0 Å². The first-order valence-corrected chi connectivity index (χ1v) is 8.11. The Morgan fingerprint density at radius 2 is 1.89 bits per heavy atom. The van der Waals surface area contributed by atoms with Gasteiger partial charge in [0.1, 0.15) is 0 Å². The fourth-order valence-corrected chi connectivity index (χ4v) is 3.39. The fourth-order valence-electron chi connectivity index (χ4n) is 1.48. The largest absolute Gasteiger partial charge is 0.243 e. The summed E-state index contributed by atoms with van der Waals surface area (Å²) in [6, 6.07) is 5.10. The average Bonchev–Trinajstić information content (AvgIpc) is 2.31. The molecule has 1 rings (SSSR count). The van der Waals surface area contributed by atoms with Crippen molar-refractivity contribution in [3.05, 3.63) is 28.2 Å². The summed E-state index contributed by atoms with van der Waals surface area (Å²) in [6.45, 7) is 7.72. The second-order valence-electron chi connectivity index (χ2n) is 5.05. The number of rotatable bonds is 4. The van der Waals surface area contributed by atoms with Gasteiger partial charge in [0.15, 0.2) is 0 Å². The summed E-state index contributed by atoms with van der Waals surface area (Å²) in [5, 5.41) is 0. The Bertz CT molecular complexity index is 538. The van der Waals surface area contributed by atoms with Crippen LogP contribution in [0.5, 0.6) is 0 Å². The zero-order valence-electron chi connectivity index (χ0n) is 11.5. The Kier molecular flexibility index (Phi) is 4.62. The van der Waals surface area contributed by atoms with Crippen molar-refractivity contribution in [2.24, 2.45) is 0 Å². The molecular weight excluding hydrogens is 314 g/mol. The summed E-state index contributed by atoms with van der Waals surface area (Å²) >= 11 is 3.38. The van der Waals surface area contributed by atoms with E-state index in [9.17, 15) is 8.42 Å². The molecule has 0 N–H and O–H groups in total. The number of hydrogen-bond acceptors (Lipinski definition) is 2. The summed E-state index contributed by atoms with van der Waals surface area (Å²) in [6.07, 6.45) is 0.762. The monoisotopic (exact) mass is 333 g/mol. The first-order chi connectivity index (χ1) is 8.13. The van der Waals surface area contributed by atoms with E-state index in [4.69, 9.17) is 0 Å². The second kappa shape index (κ2) is 5.31. The molecule has 0 atom stereocenters. The van der Waals surface area contributed by atoms with E-state index in [0.29, 0.717) is 4.90 Å². The minimum Gasteiger partial charge on any atom is -0.207 e. The molecular formula is C13H20BrNO2S. The molecule has 1 aromatic carbocycles. The Labute approximate surface area is 118 Å². The van der Waals surface area contributed by atoms with E-state index in [-0.39, 0.29) is 5.54 Å². The lowest BCUT2D eigenvalue weighted by molar-refractivity contribution is 0.257. The molecule has 1 aromatic rings. The van der Waals surface area contributed by atoms with Crippen LogP contribution < -0.4 is 0 Å². The highest BCUT2D eigenvalue weighted by Crippen LogP contribution is 2.27. The molecule has 0 fully saturated rings. The van der Waals surface area contributed by atoms with Crippen molar-refractivity contribution < 1.29 is 8.42 Å². The van der Waals surface area contributed by atoms with Crippen molar-refractivity contribution >= 4 is 26.0 Å². The quantitative estimate of drug-likeness (QED) is 0.844. The number of halogens is 1. The molecule has 0 saturated carbocycles. The van der Waals surface area contributed by atoms with Gasteiger partial charge in [0, 0.05) is 17.1 Å². The number of aryl methyl sites for hydroxylation is 1. The Balaban J connectivity index is 3.26. The minimum atomic E-state index is -3.44. The smallest absolute Gasteiger partial charge is 0.207 e. The van der Waals surface area contributed by atoms with Crippen molar-refractivity contribution in [1.82, 2.24) is 4.31 Å². The van der Waals surface area contributed by atoms with E-state index >= 15 is 0 Å². The van der Waals surface area contributed by atoms with Gasteiger partial charge in [-0.2, -0.15) is 4.31 Å². The van der Waals surface area contributed by atoms with Crippen LogP contribution in [-0.2, 0) is 10.0 Å². The normalized spacial score (nSPS) is 13.1. The summed E-state index contributed by atoms with van der Waals surface area (Å²) < 4.78 is 27.4. The Morgan fingerprint density at radius 3 is 2.33 bits per heavy atom. The average molecular weight is 334 g/mol. The van der Waals surface area contributed by atoms with Crippen molar-refractivity contribution in [1.29, 1.82) is 0 Å². The number of sulfonamides is 1. The van der Waals surface area contributed by atoms with Gasteiger partial charge in [0.2, 0.25) is 10.0 Å². The molecule has 0 saturated heterocycles. The first kappa shape index (κ1) is 15.7. The Morgan fingerprint density at radius 1 is 1.33 bits per heavy atom. The lowest BCUT2D eigenvalue weighted by atomic mass is 10.0. The zero-order chi connectivity index (χ0) is 14.1. The summed E-state index contributed by atoms with van der Waals surface area (Å²) in [4.78, 5) is 0.340. The highest BCUT2D eigenvalue weighted by atomic mass is 79.9. The van der Waals surface area contributed by atoms with E-state index in [1.165, 1.54) is 4.31 Å². The number of hydrogen-bond donors (Lipinski definition) is 0. The highest BCUT2D eigenvalue weighted by molar-refractivity contribution is 9.10. The Hall–Kier alpha value is -0.390. The molecule has 0 aliphatic rings. The number of nitrogens with zero attached hydrogens (tertiary/aromatic N) is 1. The predicted octanol–water partition coefficient (Wildman–Crippen LogP) is 3.57. The molecule has 18 heavy (non-hydrogen) atoms. The molecule has 3 nitrogen and oxygen atoms in total. The van der Waals surface area contributed by atoms with Gasteiger partial charge in [0.25, 0.3) is 0 Å². The topological polar surface area (TPSA) is 37.4 Å². The van der Waals surface area contributed by atoms with Crippen molar-refractivity contribution in [2.45, 2.75) is 44.6 Å². The van der Waals surface area contributed by atoms with E-state index in [1.807, 2.05) is 27.7 Å². The van der Waals surface area contributed by atoms with Crippen molar-refractivity contribution in [3.8, 4) is 0 Å². The maximum absolute atomic E-state index is 12.5. The molecule has 0 aliphatic heterocycles. The molecule has 5 heteroatoms. The van der Waals surface area contributed by atoms with E-state index in [1.54, 1.807) is 25.2 Å². The molecule has 0 aliphatic carbocycles. The van der Waals surface area contributed by atoms with Gasteiger partial charge in [-0.1, -0.05) is 22.9 Å². The van der Waals surface area contributed by atoms with Crippen LogP contribution in [-0.4, -0.2) is 25.3 Å². The molecule has 0 spiro atoms. The van der Waals surface area contributed by atoms with Gasteiger partial charge >= 0.3 is 0 Å². The predicted molar refractivity (Wildman–Crippen MR) is 78.2 cm³/mol. The van der Waals surface area contributed by atoms with Crippen LogP contribution in [0.1, 0.15) is 32.8 Å². The fraction of sp³-hybridized carbons (Fsp3) is 0.538.